The van der Waals surface area contributed by atoms with E-state index in [1.807, 2.05) is 43.3 Å². The number of aromatic nitrogens is 4. The molecule has 0 aliphatic heterocycles. The molecule has 0 aliphatic carbocycles. The van der Waals surface area contributed by atoms with Gasteiger partial charge < -0.3 is 4.74 Å². The fraction of sp³-hybridized carbons (Fsp3) is 0.150. The molecule has 0 N–H and O–H groups in total. The van der Waals surface area contributed by atoms with Crippen LogP contribution in [-0.4, -0.2) is 19.6 Å². The Morgan fingerprint density at radius 1 is 1.00 bits per heavy atom. The number of hydrogen-bond donors (Lipinski definition) is 0. The second-order valence-corrected chi connectivity index (χ2v) is 5.89. The van der Waals surface area contributed by atoms with E-state index in [1.165, 1.54) is 12.1 Å². The number of rotatable bonds is 5. The van der Waals surface area contributed by atoms with Gasteiger partial charge in [0.25, 0.3) is 6.43 Å². The smallest absolute Gasteiger partial charge is 0.280 e. The van der Waals surface area contributed by atoms with Gasteiger partial charge in [-0.15, -0.1) is 5.10 Å². The number of aryl methyl sites for hydroxylation is 1. The van der Waals surface area contributed by atoms with Crippen molar-refractivity contribution in [3.8, 4) is 23.1 Å². The van der Waals surface area contributed by atoms with Crippen LogP contribution in [0.15, 0.2) is 60.8 Å². The Hall–Kier alpha value is -3.35. The molecule has 27 heavy (non-hydrogen) atoms. The minimum atomic E-state index is -2.66. The molecule has 7 heteroatoms. The molecule has 0 saturated heterocycles. The summed E-state index contributed by atoms with van der Waals surface area (Å²) in [5.41, 5.74) is 1.72. The second kappa shape index (κ2) is 7.11. The van der Waals surface area contributed by atoms with Gasteiger partial charge in [0.15, 0.2) is 0 Å². The molecular weight excluding hydrogens is 350 g/mol. The number of pyridine rings is 1. The van der Waals surface area contributed by atoms with Crippen LogP contribution in [-0.2, 0) is 6.42 Å². The maximum Gasteiger partial charge on any atom is 0.280 e. The molecule has 0 radical (unpaired) electrons. The standard InChI is InChI=1S/C20H16F2N4O/c1-2-13-11-12-26-17(13)20(27-14-7-4-3-5-8-14)24-19(25-26)16-10-6-9-15(23-16)18(21)22/h3-12,18H,2H2,1H3. The lowest BCUT2D eigenvalue weighted by atomic mass is 10.2. The van der Waals surface area contributed by atoms with Crippen LogP contribution < -0.4 is 4.74 Å². The van der Waals surface area contributed by atoms with Crippen molar-refractivity contribution in [2.24, 2.45) is 0 Å². The quantitative estimate of drug-likeness (QED) is 0.494. The molecular formula is C20H16F2N4O. The molecule has 3 aromatic heterocycles. The fourth-order valence-electron chi connectivity index (χ4n) is 2.82. The molecule has 0 unspecified atom stereocenters. The van der Waals surface area contributed by atoms with Gasteiger partial charge >= 0.3 is 0 Å². The van der Waals surface area contributed by atoms with Crippen LogP contribution >= 0.6 is 0 Å². The van der Waals surface area contributed by atoms with Gasteiger partial charge in [-0.3, -0.25) is 0 Å². The number of para-hydroxylation sites is 1. The minimum absolute atomic E-state index is 0.217. The molecule has 0 atom stereocenters. The van der Waals surface area contributed by atoms with Crippen molar-refractivity contribution >= 4 is 5.52 Å². The summed E-state index contributed by atoms with van der Waals surface area (Å²) in [6.45, 7) is 2.03. The Balaban J connectivity index is 1.87. The number of benzene rings is 1. The summed E-state index contributed by atoms with van der Waals surface area (Å²) in [4.78, 5) is 8.47. The summed E-state index contributed by atoms with van der Waals surface area (Å²) in [7, 11) is 0. The molecule has 0 spiro atoms. The third-order valence-corrected chi connectivity index (χ3v) is 4.12. The first-order valence-electron chi connectivity index (χ1n) is 8.52. The van der Waals surface area contributed by atoms with Crippen molar-refractivity contribution in [1.82, 2.24) is 19.6 Å². The van der Waals surface area contributed by atoms with Crippen LogP contribution in [0.1, 0.15) is 24.6 Å². The number of alkyl halides is 2. The number of halogens is 2. The molecule has 5 nitrogen and oxygen atoms in total. The number of nitrogens with zero attached hydrogens (tertiary/aromatic N) is 4. The number of fused-ring (bicyclic) bond motifs is 1. The first kappa shape index (κ1) is 17.1. The Morgan fingerprint density at radius 2 is 1.81 bits per heavy atom. The lowest BCUT2D eigenvalue weighted by molar-refractivity contribution is 0.146. The van der Waals surface area contributed by atoms with Crippen LogP contribution in [0.2, 0.25) is 0 Å². The maximum absolute atomic E-state index is 13.0. The third-order valence-electron chi connectivity index (χ3n) is 4.12. The van der Waals surface area contributed by atoms with Gasteiger partial charge in [0.2, 0.25) is 11.7 Å². The lowest BCUT2D eigenvalue weighted by Crippen LogP contribution is -2.03. The Labute approximate surface area is 154 Å². The molecule has 1 aromatic carbocycles. The zero-order valence-electron chi connectivity index (χ0n) is 14.5. The first-order chi connectivity index (χ1) is 13.2. The van der Waals surface area contributed by atoms with Crippen LogP contribution in [0.5, 0.6) is 11.6 Å². The van der Waals surface area contributed by atoms with Crippen molar-refractivity contribution in [2.45, 2.75) is 19.8 Å². The number of hydrogen-bond acceptors (Lipinski definition) is 4. The zero-order valence-corrected chi connectivity index (χ0v) is 14.5. The highest BCUT2D eigenvalue weighted by molar-refractivity contribution is 5.66. The van der Waals surface area contributed by atoms with E-state index < -0.39 is 6.43 Å². The molecule has 4 rings (SSSR count). The second-order valence-electron chi connectivity index (χ2n) is 5.89. The summed E-state index contributed by atoms with van der Waals surface area (Å²) in [6.07, 6.45) is -0.0792. The monoisotopic (exact) mass is 366 g/mol. The molecule has 0 aliphatic rings. The van der Waals surface area contributed by atoms with Gasteiger partial charge in [-0.1, -0.05) is 31.2 Å². The van der Waals surface area contributed by atoms with Crippen molar-refractivity contribution in [1.29, 1.82) is 0 Å². The minimum Gasteiger partial charge on any atom is -0.437 e. The summed E-state index contributed by atoms with van der Waals surface area (Å²) in [5, 5.41) is 4.43. The first-order valence-corrected chi connectivity index (χ1v) is 8.52. The van der Waals surface area contributed by atoms with E-state index in [2.05, 4.69) is 15.1 Å². The van der Waals surface area contributed by atoms with E-state index >= 15 is 0 Å². The van der Waals surface area contributed by atoms with E-state index in [0.29, 0.717) is 11.6 Å². The van der Waals surface area contributed by atoms with Crippen LogP contribution in [0, 0.1) is 0 Å². The fourth-order valence-corrected chi connectivity index (χ4v) is 2.82. The number of ether oxygens (including phenoxy) is 1. The van der Waals surface area contributed by atoms with Gasteiger partial charge in [-0.05, 0) is 42.3 Å². The average molecular weight is 366 g/mol. The lowest BCUT2D eigenvalue weighted by Gasteiger charge is -2.10. The van der Waals surface area contributed by atoms with Crippen molar-refractivity contribution in [3.63, 3.8) is 0 Å². The van der Waals surface area contributed by atoms with Gasteiger partial charge in [0, 0.05) is 6.20 Å². The van der Waals surface area contributed by atoms with Gasteiger partial charge in [-0.2, -0.15) is 4.98 Å². The van der Waals surface area contributed by atoms with E-state index in [9.17, 15) is 8.78 Å². The van der Waals surface area contributed by atoms with Gasteiger partial charge in [0.1, 0.15) is 22.7 Å². The molecule has 0 amide bonds. The molecule has 4 aromatic rings. The molecule has 0 saturated carbocycles. The third kappa shape index (κ3) is 3.36. The zero-order chi connectivity index (χ0) is 18.8. The summed E-state index contributed by atoms with van der Waals surface area (Å²) < 4.78 is 33.6. The average Bonchev–Trinajstić information content (AvgIpc) is 3.12. The van der Waals surface area contributed by atoms with Crippen LogP contribution in [0.4, 0.5) is 8.78 Å². The summed E-state index contributed by atoms with van der Waals surface area (Å²) in [5.74, 6) is 1.20. The van der Waals surface area contributed by atoms with E-state index in [1.54, 1.807) is 16.8 Å². The van der Waals surface area contributed by atoms with Crippen molar-refractivity contribution < 1.29 is 13.5 Å². The van der Waals surface area contributed by atoms with Crippen LogP contribution in [0.3, 0.4) is 0 Å². The predicted octanol–water partition coefficient (Wildman–Crippen LogP) is 5.08. The molecule has 3 heterocycles. The highest BCUT2D eigenvalue weighted by atomic mass is 19.3. The Morgan fingerprint density at radius 3 is 2.56 bits per heavy atom. The maximum atomic E-state index is 13.0. The summed E-state index contributed by atoms with van der Waals surface area (Å²) in [6, 6.07) is 15.6. The highest BCUT2D eigenvalue weighted by Gasteiger charge is 2.17. The predicted molar refractivity (Wildman–Crippen MR) is 97.1 cm³/mol. The van der Waals surface area contributed by atoms with Gasteiger partial charge in [0.05, 0.1) is 0 Å². The molecule has 136 valence electrons. The van der Waals surface area contributed by atoms with E-state index in [4.69, 9.17) is 4.74 Å². The Kier molecular flexibility index (Phi) is 4.50. The largest absolute Gasteiger partial charge is 0.437 e. The van der Waals surface area contributed by atoms with Crippen LogP contribution in [0.25, 0.3) is 17.0 Å². The summed E-state index contributed by atoms with van der Waals surface area (Å²) >= 11 is 0. The van der Waals surface area contributed by atoms with Crippen molar-refractivity contribution in [2.75, 3.05) is 0 Å². The normalized spacial score (nSPS) is 11.3. The molecule has 0 fully saturated rings. The Bertz CT molecular complexity index is 1080. The highest BCUT2D eigenvalue weighted by Crippen LogP contribution is 2.29. The van der Waals surface area contributed by atoms with Crippen molar-refractivity contribution in [3.05, 3.63) is 72.1 Å². The van der Waals surface area contributed by atoms with E-state index in [0.717, 1.165) is 17.5 Å². The molecule has 0 bridgehead atoms. The van der Waals surface area contributed by atoms with Gasteiger partial charge in [-0.25, -0.2) is 18.3 Å². The topological polar surface area (TPSA) is 52.3 Å². The SMILES string of the molecule is CCc1ccn2nc(-c3cccc(C(F)F)n3)nc(Oc3ccccc3)c12. The van der Waals surface area contributed by atoms with E-state index in [-0.39, 0.29) is 17.2 Å².